The Bertz CT molecular complexity index is 874. The summed E-state index contributed by atoms with van der Waals surface area (Å²) in [5.74, 6) is -0.112. The van der Waals surface area contributed by atoms with Crippen LogP contribution in [-0.2, 0) is 21.2 Å². The van der Waals surface area contributed by atoms with Gasteiger partial charge < -0.3 is 5.32 Å². The smallest absolute Gasteiger partial charge is 0.240 e. The summed E-state index contributed by atoms with van der Waals surface area (Å²) in [5.41, 5.74) is 2.48. The number of nitrogens with one attached hydrogen (secondary N) is 2. The van der Waals surface area contributed by atoms with Gasteiger partial charge in [-0.25, -0.2) is 13.1 Å². The molecule has 6 heteroatoms. The van der Waals surface area contributed by atoms with Crippen molar-refractivity contribution >= 4 is 27.7 Å². The first kappa shape index (κ1) is 16.4. The third-order valence-corrected chi connectivity index (χ3v) is 5.18. The summed E-state index contributed by atoms with van der Waals surface area (Å²) in [6.07, 6.45) is 4.71. The SMILES string of the molecule is O=C1Cc2cc(S(=O)(=O)NCC/C=C/c3ccccc3)ccc2N1. The highest BCUT2D eigenvalue weighted by Gasteiger charge is 2.21. The molecule has 0 saturated heterocycles. The van der Waals surface area contributed by atoms with Crippen LogP contribution in [0.3, 0.4) is 0 Å². The average Bonchev–Trinajstić information content (AvgIpc) is 2.94. The molecule has 2 aromatic carbocycles. The van der Waals surface area contributed by atoms with E-state index in [9.17, 15) is 13.2 Å². The first-order valence-corrected chi connectivity index (χ1v) is 9.17. The Balaban J connectivity index is 1.58. The zero-order valence-corrected chi connectivity index (χ0v) is 13.8. The maximum absolute atomic E-state index is 12.3. The predicted octanol–water partition coefficient (Wildman–Crippen LogP) is 2.56. The lowest BCUT2D eigenvalue weighted by Gasteiger charge is -2.07. The highest BCUT2D eigenvalue weighted by atomic mass is 32.2. The lowest BCUT2D eigenvalue weighted by atomic mass is 10.2. The molecule has 1 amide bonds. The van der Waals surface area contributed by atoms with Crippen molar-refractivity contribution in [3.8, 4) is 0 Å². The Labute approximate surface area is 141 Å². The largest absolute Gasteiger partial charge is 0.326 e. The third kappa shape index (κ3) is 3.90. The zero-order chi connectivity index (χ0) is 17.0. The van der Waals surface area contributed by atoms with Crippen molar-refractivity contribution in [2.45, 2.75) is 17.7 Å². The van der Waals surface area contributed by atoms with Gasteiger partial charge in [0.25, 0.3) is 0 Å². The van der Waals surface area contributed by atoms with Gasteiger partial charge in [0, 0.05) is 12.2 Å². The van der Waals surface area contributed by atoms with Gasteiger partial charge in [0.05, 0.1) is 11.3 Å². The molecule has 0 bridgehead atoms. The van der Waals surface area contributed by atoms with Crippen molar-refractivity contribution in [1.29, 1.82) is 0 Å². The highest BCUT2D eigenvalue weighted by Crippen LogP contribution is 2.25. The minimum absolute atomic E-state index is 0.112. The van der Waals surface area contributed by atoms with Crippen molar-refractivity contribution in [3.05, 3.63) is 65.7 Å². The summed E-state index contributed by atoms with van der Waals surface area (Å²) < 4.78 is 27.2. The standard InChI is InChI=1S/C18H18N2O3S/c21-18-13-15-12-16(9-10-17(15)20-18)24(22,23)19-11-5-4-8-14-6-2-1-3-7-14/h1-4,6-10,12,19H,5,11,13H2,(H,20,21)/b8-4+. The van der Waals surface area contributed by atoms with E-state index in [1.54, 1.807) is 12.1 Å². The molecule has 2 aromatic rings. The quantitative estimate of drug-likeness (QED) is 0.792. The number of hydrogen-bond acceptors (Lipinski definition) is 3. The molecule has 1 aliphatic heterocycles. The van der Waals surface area contributed by atoms with E-state index in [2.05, 4.69) is 10.0 Å². The second-order valence-electron chi connectivity index (χ2n) is 5.54. The van der Waals surface area contributed by atoms with Crippen LogP contribution in [0.15, 0.2) is 59.5 Å². The second-order valence-corrected chi connectivity index (χ2v) is 7.31. The Morgan fingerprint density at radius 1 is 1.12 bits per heavy atom. The molecule has 1 heterocycles. The molecule has 3 rings (SSSR count). The molecule has 0 fully saturated rings. The number of amides is 1. The van der Waals surface area contributed by atoms with Crippen molar-refractivity contribution in [2.24, 2.45) is 0 Å². The Hall–Kier alpha value is -2.44. The minimum Gasteiger partial charge on any atom is -0.326 e. The van der Waals surface area contributed by atoms with E-state index in [4.69, 9.17) is 0 Å². The van der Waals surface area contributed by atoms with Gasteiger partial charge in [0.1, 0.15) is 0 Å². The van der Waals surface area contributed by atoms with Gasteiger partial charge in [-0.05, 0) is 35.7 Å². The van der Waals surface area contributed by atoms with Gasteiger partial charge in [-0.15, -0.1) is 0 Å². The van der Waals surface area contributed by atoms with Crippen LogP contribution in [0.4, 0.5) is 5.69 Å². The number of benzene rings is 2. The van der Waals surface area contributed by atoms with Gasteiger partial charge in [-0.3, -0.25) is 4.79 Å². The van der Waals surface area contributed by atoms with Crippen LogP contribution in [0.1, 0.15) is 17.5 Å². The fourth-order valence-corrected chi connectivity index (χ4v) is 3.61. The van der Waals surface area contributed by atoms with E-state index in [-0.39, 0.29) is 17.2 Å². The molecule has 24 heavy (non-hydrogen) atoms. The number of sulfonamides is 1. The second kappa shape index (κ2) is 6.98. The maximum atomic E-state index is 12.3. The summed E-state index contributed by atoms with van der Waals surface area (Å²) in [4.78, 5) is 11.5. The van der Waals surface area contributed by atoms with Crippen molar-refractivity contribution in [2.75, 3.05) is 11.9 Å². The summed E-state index contributed by atoms with van der Waals surface area (Å²) in [5, 5.41) is 2.69. The van der Waals surface area contributed by atoms with Crippen molar-refractivity contribution in [3.63, 3.8) is 0 Å². The van der Waals surface area contributed by atoms with Crippen molar-refractivity contribution in [1.82, 2.24) is 4.72 Å². The maximum Gasteiger partial charge on any atom is 0.240 e. The van der Waals surface area contributed by atoms with Gasteiger partial charge in [0.2, 0.25) is 15.9 Å². The number of carbonyl (C=O) groups excluding carboxylic acids is 1. The molecular formula is C18H18N2O3S. The van der Waals surface area contributed by atoms with Crippen LogP contribution in [0, 0.1) is 0 Å². The number of anilines is 1. The Kier molecular flexibility index (Phi) is 4.78. The van der Waals surface area contributed by atoms with E-state index in [1.807, 2.05) is 42.5 Å². The molecule has 0 radical (unpaired) electrons. The number of hydrogen-bond donors (Lipinski definition) is 2. The summed E-state index contributed by atoms with van der Waals surface area (Å²) in [6.45, 7) is 0.319. The van der Waals surface area contributed by atoms with E-state index in [1.165, 1.54) is 6.07 Å². The molecular weight excluding hydrogens is 324 g/mol. The highest BCUT2D eigenvalue weighted by molar-refractivity contribution is 7.89. The topological polar surface area (TPSA) is 75.3 Å². The third-order valence-electron chi connectivity index (χ3n) is 3.73. The summed E-state index contributed by atoms with van der Waals surface area (Å²) in [7, 11) is -3.57. The van der Waals surface area contributed by atoms with E-state index < -0.39 is 10.0 Å². The summed E-state index contributed by atoms with van der Waals surface area (Å²) >= 11 is 0. The molecule has 0 atom stereocenters. The minimum atomic E-state index is -3.57. The fraction of sp³-hybridized carbons (Fsp3) is 0.167. The lowest BCUT2D eigenvalue weighted by Crippen LogP contribution is -2.24. The number of fused-ring (bicyclic) bond motifs is 1. The predicted molar refractivity (Wildman–Crippen MR) is 94.1 cm³/mol. The molecule has 0 aliphatic carbocycles. The van der Waals surface area contributed by atoms with E-state index >= 15 is 0 Å². The van der Waals surface area contributed by atoms with Gasteiger partial charge >= 0.3 is 0 Å². The molecule has 0 aromatic heterocycles. The molecule has 0 spiro atoms. The fourth-order valence-electron chi connectivity index (χ4n) is 2.52. The van der Waals surface area contributed by atoms with Crippen LogP contribution < -0.4 is 10.0 Å². The molecule has 0 saturated carbocycles. The summed E-state index contributed by atoms with van der Waals surface area (Å²) in [6, 6.07) is 14.5. The van der Waals surface area contributed by atoms with Crippen LogP contribution in [0.2, 0.25) is 0 Å². The number of carbonyl (C=O) groups is 1. The van der Waals surface area contributed by atoms with E-state index in [0.29, 0.717) is 24.2 Å². The molecule has 124 valence electrons. The lowest BCUT2D eigenvalue weighted by molar-refractivity contribution is -0.115. The Morgan fingerprint density at radius 2 is 1.92 bits per heavy atom. The average molecular weight is 342 g/mol. The van der Waals surface area contributed by atoms with Crippen molar-refractivity contribution < 1.29 is 13.2 Å². The van der Waals surface area contributed by atoms with Crippen LogP contribution in [0.25, 0.3) is 6.08 Å². The normalized spacial score (nSPS) is 13.9. The molecule has 1 aliphatic rings. The first-order valence-electron chi connectivity index (χ1n) is 7.69. The van der Waals surface area contributed by atoms with Crippen LogP contribution in [0.5, 0.6) is 0 Å². The van der Waals surface area contributed by atoms with E-state index in [0.717, 1.165) is 5.56 Å². The monoisotopic (exact) mass is 342 g/mol. The van der Waals surface area contributed by atoms with Gasteiger partial charge in [0.15, 0.2) is 0 Å². The Morgan fingerprint density at radius 3 is 2.71 bits per heavy atom. The van der Waals surface area contributed by atoms with Gasteiger partial charge in [-0.1, -0.05) is 42.5 Å². The molecule has 2 N–H and O–H groups in total. The van der Waals surface area contributed by atoms with Gasteiger partial charge in [-0.2, -0.15) is 0 Å². The first-order chi connectivity index (χ1) is 11.5. The molecule has 0 unspecified atom stereocenters. The number of rotatable bonds is 6. The zero-order valence-electron chi connectivity index (χ0n) is 13.0. The molecule has 5 nitrogen and oxygen atoms in total. The van der Waals surface area contributed by atoms with Crippen LogP contribution in [-0.4, -0.2) is 20.9 Å². The van der Waals surface area contributed by atoms with Crippen LogP contribution >= 0.6 is 0 Å².